The van der Waals surface area contributed by atoms with Crippen LogP contribution in [-0.2, 0) is 32.8 Å². The number of phosphoric ester groups is 1. The van der Waals surface area contributed by atoms with Crippen LogP contribution in [0.5, 0.6) is 0 Å². The average molecular weight is 302 g/mol. The van der Waals surface area contributed by atoms with E-state index in [1.54, 1.807) is 27.7 Å². The SMILES string of the molecule is C=O.C=O.C=O.C=O.CC(C)OP(=O)(O)OC(C)C. The predicted molar refractivity (Wildman–Crippen MR) is 70.8 cm³/mol. The zero-order valence-corrected chi connectivity index (χ0v) is 12.6. The summed E-state index contributed by atoms with van der Waals surface area (Å²) in [5, 5.41) is 0. The molecule has 19 heavy (non-hydrogen) atoms. The fraction of sp³-hybridized carbons (Fsp3) is 0.600. The summed E-state index contributed by atoms with van der Waals surface area (Å²) in [5.41, 5.74) is 0. The van der Waals surface area contributed by atoms with E-state index in [1.807, 2.05) is 27.2 Å². The number of carbonyl (C=O) groups excluding carboxylic acids is 4. The molecule has 0 aliphatic carbocycles. The monoisotopic (exact) mass is 302 g/mol. The standard InChI is InChI=1S/C6H15O4P.4CH2O/c1-5(2)9-11(7,8)10-6(3)4;4*1-2/h5-6H,1-4H3,(H,7,8);4*1H2. The Morgan fingerprint density at radius 3 is 1.00 bits per heavy atom. The van der Waals surface area contributed by atoms with Crippen molar-refractivity contribution >= 4 is 35.0 Å². The topological polar surface area (TPSA) is 124 Å². The fourth-order valence-electron chi connectivity index (χ4n) is 0.558. The first kappa shape index (κ1) is 30.7. The number of rotatable bonds is 4. The second kappa shape index (κ2) is 25.6. The zero-order valence-electron chi connectivity index (χ0n) is 11.7. The lowest BCUT2D eigenvalue weighted by Gasteiger charge is -2.16. The third-order valence-electron chi connectivity index (χ3n) is 0.688. The predicted octanol–water partition coefficient (Wildman–Crippen LogP) is 1.20. The van der Waals surface area contributed by atoms with Crippen LogP contribution in [0.4, 0.5) is 0 Å². The molecule has 0 saturated heterocycles. The first-order chi connectivity index (χ1) is 8.83. The van der Waals surface area contributed by atoms with E-state index in [0.29, 0.717) is 0 Å². The Kier molecular flexibility index (Phi) is 41.3. The molecular weight excluding hydrogens is 279 g/mol. The van der Waals surface area contributed by atoms with Gasteiger partial charge in [-0.2, -0.15) is 0 Å². The molecule has 0 aliphatic heterocycles. The molecule has 0 aromatic heterocycles. The third kappa shape index (κ3) is 47.5. The summed E-state index contributed by atoms with van der Waals surface area (Å²) >= 11 is 0. The van der Waals surface area contributed by atoms with Crippen molar-refractivity contribution in [3.8, 4) is 0 Å². The van der Waals surface area contributed by atoms with E-state index >= 15 is 0 Å². The number of carbonyl (C=O) groups is 4. The van der Waals surface area contributed by atoms with E-state index in [0.717, 1.165) is 0 Å². The third-order valence-corrected chi connectivity index (χ3v) is 2.06. The van der Waals surface area contributed by atoms with Crippen molar-refractivity contribution in [3.05, 3.63) is 0 Å². The molecule has 0 aromatic rings. The normalized spacial score (nSPS) is 8.37. The molecule has 0 atom stereocenters. The van der Waals surface area contributed by atoms with Crippen molar-refractivity contribution in [2.75, 3.05) is 0 Å². The number of hydrogen-bond acceptors (Lipinski definition) is 7. The number of phosphoric acid groups is 1. The lowest BCUT2D eigenvalue weighted by Crippen LogP contribution is -2.06. The highest BCUT2D eigenvalue weighted by Gasteiger charge is 2.23. The largest absolute Gasteiger partial charge is 0.472 e. The Morgan fingerprint density at radius 2 is 0.895 bits per heavy atom. The minimum Gasteiger partial charge on any atom is -0.307 e. The lowest BCUT2D eigenvalue weighted by molar-refractivity contribution is -0.0987. The van der Waals surface area contributed by atoms with Gasteiger partial charge in [0.05, 0.1) is 12.2 Å². The summed E-state index contributed by atoms with van der Waals surface area (Å²) in [4.78, 5) is 41.0. The van der Waals surface area contributed by atoms with Crippen LogP contribution < -0.4 is 0 Å². The van der Waals surface area contributed by atoms with Gasteiger partial charge in [-0.25, -0.2) is 4.57 Å². The Hall–Kier alpha value is -1.21. The van der Waals surface area contributed by atoms with Crippen LogP contribution in [0.1, 0.15) is 27.7 Å². The van der Waals surface area contributed by atoms with Crippen LogP contribution in [0.2, 0.25) is 0 Å². The summed E-state index contributed by atoms with van der Waals surface area (Å²) in [6.45, 7) is 14.7. The van der Waals surface area contributed by atoms with Gasteiger partial charge in [-0.05, 0) is 27.7 Å². The van der Waals surface area contributed by atoms with Gasteiger partial charge in [-0.1, -0.05) is 0 Å². The summed E-state index contributed by atoms with van der Waals surface area (Å²) in [6.07, 6.45) is -0.603. The van der Waals surface area contributed by atoms with Gasteiger partial charge in [0.1, 0.15) is 27.2 Å². The molecule has 0 aromatic carbocycles. The molecule has 0 amide bonds. The second-order valence-corrected chi connectivity index (χ2v) is 4.14. The molecule has 0 saturated carbocycles. The van der Waals surface area contributed by atoms with Crippen LogP contribution in [-0.4, -0.2) is 44.3 Å². The van der Waals surface area contributed by atoms with Crippen molar-refractivity contribution in [1.29, 1.82) is 0 Å². The van der Waals surface area contributed by atoms with Gasteiger partial charge in [0.15, 0.2) is 0 Å². The summed E-state index contributed by atoms with van der Waals surface area (Å²) in [7, 11) is -3.80. The lowest BCUT2D eigenvalue weighted by atomic mass is 10.5. The van der Waals surface area contributed by atoms with Crippen molar-refractivity contribution in [2.45, 2.75) is 39.9 Å². The summed E-state index contributed by atoms with van der Waals surface area (Å²) < 4.78 is 20.2. The molecule has 0 radical (unpaired) electrons. The van der Waals surface area contributed by atoms with Crippen molar-refractivity contribution in [2.24, 2.45) is 0 Å². The summed E-state index contributed by atoms with van der Waals surface area (Å²) in [5.74, 6) is 0. The maximum absolute atomic E-state index is 10.9. The Labute approximate surface area is 113 Å². The quantitative estimate of drug-likeness (QED) is 0.768. The summed E-state index contributed by atoms with van der Waals surface area (Å²) in [6, 6.07) is 0. The van der Waals surface area contributed by atoms with Gasteiger partial charge in [0, 0.05) is 0 Å². The van der Waals surface area contributed by atoms with Crippen molar-refractivity contribution in [3.63, 3.8) is 0 Å². The molecule has 0 spiro atoms. The van der Waals surface area contributed by atoms with Crippen LogP contribution in [0.25, 0.3) is 0 Å². The number of hydrogen-bond donors (Lipinski definition) is 1. The Bertz CT molecular complexity index is 188. The zero-order chi connectivity index (χ0) is 17.1. The maximum Gasteiger partial charge on any atom is 0.472 e. The molecule has 0 heterocycles. The molecule has 0 unspecified atom stereocenters. The molecule has 8 nitrogen and oxygen atoms in total. The molecule has 9 heteroatoms. The minimum atomic E-state index is -3.80. The molecule has 0 rings (SSSR count). The highest BCUT2D eigenvalue weighted by atomic mass is 31.2. The highest BCUT2D eigenvalue weighted by Crippen LogP contribution is 2.45. The minimum absolute atomic E-state index is 0.301. The van der Waals surface area contributed by atoms with Gasteiger partial charge in [-0.3, -0.25) is 9.05 Å². The molecule has 1 N–H and O–H groups in total. The average Bonchev–Trinajstić information content (AvgIpc) is 2.36. The van der Waals surface area contributed by atoms with E-state index < -0.39 is 7.82 Å². The van der Waals surface area contributed by atoms with E-state index in [9.17, 15) is 4.57 Å². The maximum atomic E-state index is 10.9. The van der Waals surface area contributed by atoms with Crippen molar-refractivity contribution in [1.82, 2.24) is 0 Å². The van der Waals surface area contributed by atoms with Crippen LogP contribution in [0.15, 0.2) is 0 Å². The molecule has 116 valence electrons. The van der Waals surface area contributed by atoms with Crippen LogP contribution in [0.3, 0.4) is 0 Å². The highest BCUT2D eigenvalue weighted by molar-refractivity contribution is 7.47. The van der Waals surface area contributed by atoms with Crippen molar-refractivity contribution < 1.29 is 37.7 Å². The molecule has 0 bridgehead atoms. The molecule has 0 fully saturated rings. The van der Waals surface area contributed by atoms with E-state index in [-0.39, 0.29) is 12.2 Å². The first-order valence-electron chi connectivity index (χ1n) is 4.68. The van der Waals surface area contributed by atoms with E-state index in [2.05, 4.69) is 9.05 Å². The van der Waals surface area contributed by atoms with Gasteiger partial charge in [0.2, 0.25) is 0 Å². The van der Waals surface area contributed by atoms with Crippen LogP contribution >= 0.6 is 7.82 Å². The van der Waals surface area contributed by atoms with Crippen LogP contribution in [0, 0.1) is 0 Å². The Balaban J connectivity index is -0.0000000693. The van der Waals surface area contributed by atoms with Gasteiger partial charge >= 0.3 is 7.82 Å². The fourth-order valence-corrected chi connectivity index (χ4v) is 1.67. The molecule has 0 aliphatic rings. The smallest absolute Gasteiger partial charge is 0.307 e. The van der Waals surface area contributed by atoms with E-state index in [4.69, 9.17) is 24.1 Å². The van der Waals surface area contributed by atoms with E-state index in [1.165, 1.54) is 0 Å². The van der Waals surface area contributed by atoms with Gasteiger partial charge in [0.25, 0.3) is 0 Å². The molecular formula is C10H23O8P. The van der Waals surface area contributed by atoms with Gasteiger partial charge < -0.3 is 24.1 Å². The first-order valence-corrected chi connectivity index (χ1v) is 6.18. The second-order valence-electron chi connectivity index (χ2n) is 2.78. The Morgan fingerprint density at radius 1 is 0.737 bits per heavy atom. The van der Waals surface area contributed by atoms with Gasteiger partial charge in [-0.15, -0.1) is 0 Å².